The Morgan fingerprint density at radius 1 is 1.56 bits per heavy atom. The minimum absolute atomic E-state index is 0.114. The molecule has 88 valence electrons. The van der Waals surface area contributed by atoms with Crippen LogP contribution in [0.3, 0.4) is 0 Å². The van der Waals surface area contributed by atoms with Crippen LogP contribution in [-0.2, 0) is 0 Å². The smallest absolute Gasteiger partial charge is 0.147 e. The van der Waals surface area contributed by atoms with Gasteiger partial charge in [0.15, 0.2) is 0 Å². The molecule has 0 saturated heterocycles. The van der Waals surface area contributed by atoms with Gasteiger partial charge in [-0.15, -0.1) is 0 Å². The van der Waals surface area contributed by atoms with E-state index in [1.165, 1.54) is 6.07 Å². The maximum Gasteiger partial charge on any atom is 0.147 e. The molecular weight excluding hydrogens is 225 g/mol. The van der Waals surface area contributed by atoms with E-state index in [2.05, 4.69) is 0 Å². The molecule has 0 aliphatic heterocycles. The number of hydrogen-bond donors (Lipinski definition) is 2. The van der Waals surface area contributed by atoms with Crippen LogP contribution in [0.15, 0.2) is 18.2 Å². The fourth-order valence-corrected chi connectivity index (χ4v) is 1.79. The van der Waals surface area contributed by atoms with E-state index in [1.54, 1.807) is 23.9 Å². The van der Waals surface area contributed by atoms with Gasteiger partial charge in [-0.3, -0.25) is 5.41 Å². The van der Waals surface area contributed by atoms with Gasteiger partial charge in [-0.1, -0.05) is 0 Å². The van der Waals surface area contributed by atoms with Crippen molar-refractivity contribution in [2.24, 2.45) is 5.73 Å². The molecule has 1 aromatic carbocycles. The summed E-state index contributed by atoms with van der Waals surface area (Å²) in [6.07, 6.45) is 2.02. The molecule has 0 amide bonds. The third-order valence-corrected chi connectivity index (χ3v) is 2.89. The minimum Gasteiger partial charge on any atom is -0.384 e. The van der Waals surface area contributed by atoms with E-state index in [0.717, 1.165) is 12.3 Å². The highest BCUT2D eigenvalue weighted by Gasteiger charge is 2.08. The first-order valence-electron chi connectivity index (χ1n) is 4.90. The molecule has 3 nitrogen and oxygen atoms in total. The number of halogens is 1. The third-order valence-electron chi connectivity index (χ3n) is 2.30. The Morgan fingerprint density at radius 3 is 2.75 bits per heavy atom. The molecule has 0 heterocycles. The topological polar surface area (TPSA) is 53.1 Å². The quantitative estimate of drug-likeness (QED) is 0.611. The Hall–Kier alpha value is -1.23. The van der Waals surface area contributed by atoms with Crippen molar-refractivity contribution < 1.29 is 4.39 Å². The summed E-state index contributed by atoms with van der Waals surface area (Å²) in [4.78, 5) is 1.86. The molecule has 16 heavy (non-hydrogen) atoms. The summed E-state index contributed by atoms with van der Waals surface area (Å²) in [5.74, 6) is 0.498. The highest BCUT2D eigenvalue weighted by molar-refractivity contribution is 7.98. The van der Waals surface area contributed by atoms with Gasteiger partial charge >= 0.3 is 0 Å². The molecule has 0 atom stereocenters. The number of hydrogen-bond acceptors (Lipinski definition) is 3. The molecule has 5 heteroatoms. The zero-order chi connectivity index (χ0) is 12.1. The molecule has 0 aliphatic rings. The predicted molar refractivity (Wildman–Crippen MR) is 69.1 cm³/mol. The third kappa shape index (κ3) is 3.13. The SMILES string of the molecule is CSCCN(C)c1ccc(C(=N)N)cc1F. The van der Waals surface area contributed by atoms with Crippen molar-refractivity contribution in [3.05, 3.63) is 29.6 Å². The summed E-state index contributed by atoms with van der Waals surface area (Å²) >= 11 is 1.72. The summed E-state index contributed by atoms with van der Waals surface area (Å²) in [5.41, 5.74) is 6.25. The van der Waals surface area contributed by atoms with Crippen LogP contribution in [0, 0.1) is 11.2 Å². The van der Waals surface area contributed by atoms with Crippen LogP contribution < -0.4 is 10.6 Å². The van der Waals surface area contributed by atoms with Gasteiger partial charge in [0.25, 0.3) is 0 Å². The normalized spacial score (nSPS) is 10.2. The standard InChI is InChI=1S/C11H16FN3S/c1-15(5-6-16-2)10-4-3-8(11(13)14)7-9(10)12/h3-4,7H,5-6H2,1-2H3,(H3,13,14). The van der Waals surface area contributed by atoms with Crippen molar-refractivity contribution in [3.63, 3.8) is 0 Å². The summed E-state index contributed by atoms with van der Waals surface area (Å²) in [7, 11) is 1.85. The fraction of sp³-hybridized carbons (Fsp3) is 0.364. The second-order valence-corrected chi connectivity index (χ2v) is 4.48. The van der Waals surface area contributed by atoms with Gasteiger partial charge in [0.05, 0.1) is 5.69 Å². The van der Waals surface area contributed by atoms with Crippen molar-refractivity contribution in [2.45, 2.75) is 0 Å². The van der Waals surface area contributed by atoms with E-state index >= 15 is 0 Å². The number of nitrogens with one attached hydrogen (secondary N) is 1. The Morgan fingerprint density at radius 2 is 2.25 bits per heavy atom. The van der Waals surface area contributed by atoms with E-state index in [4.69, 9.17) is 11.1 Å². The lowest BCUT2D eigenvalue weighted by Gasteiger charge is -2.19. The zero-order valence-electron chi connectivity index (χ0n) is 9.46. The number of amidine groups is 1. The maximum absolute atomic E-state index is 13.7. The molecule has 3 N–H and O–H groups in total. The van der Waals surface area contributed by atoms with Gasteiger partial charge in [-0.25, -0.2) is 4.39 Å². The van der Waals surface area contributed by atoms with E-state index in [0.29, 0.717) is 11.3 Å². The van der Waals surface area contributed by atoms with Crippen molar-refractivity contribution >= 4 is 23.3 Å². The number of benzene rings is 1. The zero-order valence-corrected chi connectivity index (χ0v) is 10.3. The van der Waals surface area contributed by atoms with Gasteiger partial charge in [0.1, 0.15) is 11.7 Å². The molecule has 1 rings (SSSR count). The molecule has 1 aromatic rings. The number of nitrogens with two attached hydrogens (primary N) is 1. The van der Waals surface area contributed by atoms with E-state index < -0.39 is 0 Å². The van der Waals surface area contributed by atoms with Gasteiger partial charge in [-0.2, -0.15) is 11.8 Å². The second-order valence-electron chi connectivity index (χ2n) is 3.49. The first-order valence-corrected chi connectivity index (χ1v) is 6.29. The van der Waals surface area contributed by atoms with Crippen LogP contribution in [0.2, 0.25) is 0 Å². The van der Waals surface area contributed by atoms with E-state index in [9.17, 15) is 4.39 Å². The maximum atomic E-state index is 13.7. The molecule has 0 aliphatic carbocycles. The first-order chi connectivity index (χ1) is 7.56. The lowest BCUT2D eigenvalue weighted by molar-refractivity contribution is 0.623. The van der Waals surface area contributed by atoms with Gasteiger partial charge < -0.3 is 10.6 Å². The van der Waals surface area contributed by atoms with Crippen LogP contribution in [-0.4, -0.2) is 31.4 Å². The predicted octanol–water partition coefficient (Wildman–Crippen LogP) is 1.91. The summed E-state index contributed by atoms with van der Waals surface area (Å²) < 4.78 is 13.7. The van der Waals surface area contributed by atoms with Crippen LogP contribution in [0.4, 0.5) is 10.1 Å². The Bertz CT molecular complexity index is 381. The van der Waals surface area contributed by atoms with Crippen LogP contribution >= 0.6 is 11.8 Å². The number of rotatable bonds is 5. The van der Waals surface area contributed by atoms with Gasteiger partial charge in [0, 0.05) is 24.9 Å². The summed E-state index contributed by atoms with van der Waals surface area (Å²) in [5, 5.41) is 7.21. The molecule has 0 spiro atoms. The van der Waals surface area contributed by atoms with Gasteiger partial charge in [-0.05, 0) is 24.5 Å². The van der Waals surface area contributed by atoms with Crippen LogP contribution in [0.5, 0.6) is 0 Å². The van der Waals surface area contributed by atoms with Crippen molar-refractivity contribution in [1.29, 1.82) is 5.41 Å². The molecule has 0 fully saturated rings. The van der Waals surface area contributed by atoms with Crippen LogP contribution in [0.1, 0.15) is 5.56 Å². The average molecular weight is 241 g/mol. The Balaban J connectivity index is 2.85. The Labute approximate surface area is 99.3 Å². The molecule has 0 saturated carbocycles. The molecule has 0 unspecified atom stereocenters. The fourth-order valence-electron chi connectivity index (χ4n) is 1.33. The Kier molecular flexibility index (Phi) is 4.61. The monoisotopic (exact) mass is 241 g/mol. The first kappa shape index (κ1) is 12.8. The highest BCUT2D eigenvalue weighted by atomic mass is 32.2. The van der Waals surface area contributed by atoms with Gasteiger partial charge in [0.2, 0.25) is 0 Å². The van der Waals surface area contributed by atoms with Crippen molar-refractivity contribution in [3.8, 4) is 0 Å². The molecule has 0 aromatic heterocycles. The number of thioether (sulfide) groups is 1. The number of nitrogen functional groups attached to an aromatic ring is 1. The average Bonchev–Trinajstić information content (AvgIpc) is 2.25. The summed E-state index contributed by atoms with van der Waals surface area (Å²) in [6.45, 7) is 0.789. The minimum atomic E-state index is -0.337. The molecular formula is C11H16FN3S. The highest BCUT2D eigenvalue weighted by Crippen LogP contribution is 2.19. The second kappa shape index (κ2) is 5.75. The van der Waals surface area contributed by atoms with Crippen molar-refractivity contribution in [1.82, 2.24) is 0 Å². The molecule has 0 bridgehead atoms. The lowest BCUT2D eigenvalue weighted by Crippen LogP contribution is -2.21. The molecule has 0 radical (unpaired) electrons. The lowest BCUT2D eigenvalue weighted by atomic mass is 10.1. The van der Waals surface area contributed by atoms with Crippen LogP contribution in [0.25, 0.3) is 0 Å². The largest absolute Gasteiger partial charge is 0.384 e. The number of nitrogens with zero attached hydrogens (tertiary/aromatic N) is 1. The van der Waals surface area contributed by atoms with Crippen molar-refractivity contribution in [2.75, 3.05) is 30.5 Å². The number of anilines is 1. The van der Waals surface area contributed by atoms with E-state index in [-0.39, 0.29) is 11.7 Å². The summed E-state index contributed by atoms with van der Waals surface area (Å²) in [6, 6.07) is 4.62. The van der Waals surface area contributed by atoms with E-state index in [1.807, 2.05) is 18.2 Å².